The van der Waals surface area contributed by atoms with Crippen molar-refractivity contribution < 1.29 is 27.7 Å². The minimum atomic E-state index is -3.54. The van der Waals surface area contributed by atoms with Gasteiger partial charge in [0, 0.05) is 37.3 Å². The lowest BCUT2D eigenvalue weighted by Crippen LogP contribution is -2.30. The van der Waals surface area contributed by atoms with Crippen molar-refractivity contribution in [3.05, 3.63) is 64.2 Å². The fraction of sp³-hybridized carbons (Fsp3) is 0.364. The van der Waals surface area contributed by atoms with E-state index < -0.39 is 32.9 Å². The van der Waals surface area contributed by atoms with Gasteiger partial charge in [0.2, 0.25) is 10.0 Å². The van der Waals surface area contributed by atoms with Gasteiger partial charge in [-0.25, -0.2) is 8.42 Å². The van der Waals surface area contributed by atoms with Gasteiger partial charge in [0.1, 0.15) is 0 Å². The number of nitrogens with zero attached hydrogens (tertiary/aromatic N) is 2. The molecule has 1 N–H and O–H groups in total. The number of non-ortho nitro benzene ring substituents is 1. The van der Waals surface area contributed by atoms with E-state index in [4.69, 9.17) is 4.74 Å². The third kappa shape index (κ3) is 7.09. The molecule has 0 spiro atoms. The second kappa shape index (κ2) is 11.5. The number of carbonyl (C=O) groups is 2. The summed E-state index contributed by atoms with van der Waals surface area (Å²) in [5.41, 5.74) is 0.993. The molecule has 178 valence electrons. The number of hydrogen-bond acceptors (Lipinski definition) is 7. The second-order valence-corrected chi connectivity index (χ2v) is 9.10. The van der Waals surface area contributed by atoms with Crippen molar-refractivity contribution in [1.29, 1.82) is 0 Å². The summed E-state index contributed by atoms with van der Waals surface area (Å²) in [6, 6.07) is 11.6. The summed E-state index contributed by atoms with van der Waals surface area (Å²) in [6.45, 7) is 5.72. The molecule has 0 aliphatic heterocycles. The van der Waals surface area contributed by atoms with Gasteiger partial charge in [-0.15, -0.1) is 0 Å². The Morgan fingerprint density at radius 1 is 1.06 bits per heavy atom. The lowest BCUT2D eigenvalue weighted by Gasteiger charge is -2.18. The molecule has 10 nitrogen and oxygen atoms in total. The summed E-state index contributed by atoms with van der Waals surface area (Å²) in [5.74, 6) is -1.15. The highest BCUT2D eigenvalue weighted by atomic mass is 32.2. The predicted molar refractivity (Wildman–Crippen MR) is 122 cm³/mol. The van der Waals surface area contributed by atoms with Crippen LogP contribution in [0.1, 0.15) is 32.8 Å². The van der Waals surface area contributed by atoms with Crippen LogP contribution in [0, 0.1) is 10.1 Å². The van der Waals surface area contributed by atoms with Crippen molar-refractivity contribution in [3.8, 4) is 0 Å². The largest absolute Gasteiger partial charge is 0.453 e. The SMILES string of the molecule is CCN(CC)S(=O)(=O)c1ccc(CCC(=O)OC(C)C(=O)Nc2ccc([N+](=O)[O-])cc2)cc1. The molecule has 0 aliphatic carbocycles. The molecule has 0 saturated carbocycles. The Labute approximate surface area is 192 Å². The maximum Gasteiger partial charge on any atom is 0.306 e. The Kier molecular flexibility index (Phi) is 9.06. The molecule has 0 radical (unpaired) electrons. The lowest BCUT2D eigenvalue weighted by molar-refractivity contribution is -0.384. The highest BCUT2D eigenvalue weighted by Crippen LogP contribution is 2.18. The molecule has 1 atom stereocenters. The molecule has 2 aromatic carbocycles. The van der Waals surface area contributed by atoms with Crippen LogP contribution < -0.4 is 5.32 Å². The first-order valence-corrected chi connectivity index (χ1v) is 11.9. The van der Waals surface area contributed by atoms with E-state index in [-0.39, 0.29) is 17.0 Å². The highest BCUT2D eigenvalue weighted by Gasteiger charge is 2.21. The number of anilines is 1. The maximum absolute atomic E-state index is 12.5. The number of sulfonamides is 1. The minimum absolute atomic E-state index is 0.0112. The van der Waals surface area contributed by atoms with Gasteiger partial charge in [-0.1, -0.05) is 26.0 Å². The molecule has 33 heavy (non-hydrogen) atoms. The van der Waals surface area contributed by atoms with E-state index >= 15 is 0 Å². The van der Waals surface area contributed by atoms with E-state index in [0.717, 1.165) is 5.56 Å². The van der Waals surface area contributed by atoms with Crippen LogP contribution in [0.2, 0.25) is 0 Å². The predicted octanol–water partition coefficient (Wildman–Crippen LogP) is 3.13. The Morgan fingerprint density at radius 2 is 1.64 bits per heavy atom. The third-order valence-corrected chi connectivity index (χ3v) is 6.97. The maximum atomic E-state index is 12.5. The molecule has 11 heteroatoms. The number of nitro benzene ring substituents is 1. The summed E-state index contributed by atoms with van der Waals surface area (Å²) in [7, 11) is -3.54. The van der Waals surface area contributed by atoms with Crippen molar-refractivity contribution in [3.63, 3.8) is 0 Å². The number of ether oxygens (including phenoxy) is 1. The van der Waals surface area contributed by atoms with E-state index in [1.165, 1.54) is 47.6 Å². The fourth-order valence-electron chi connectivity index (χ4n) is 3.01. The Hall–Kier alpha value is -3.31. The van der Waals surface area contributed by atoms with Gasteiger partial charge in [0.05, 0.1) is 9.82 Å². The van der Waals surface area contributed by atoms with E-state index in [0.29, 0.717) is 25.2 Å². The number of hydrogen-bond donors (Lipinski definition) is 1. The Bertz CT molecular complexity index is 1080. The number of nitro groups is 1. The first-order valence-electron chi connectivity index (χ1n) is 10.4. The molecular weight excluding hydrogens is 450 g/mol. The fourth-order valence-corrected chi connectivity index (χ4v) is 4.47. The van der Waals surface area contributed by atoms with E-state index in [9.17, 15) is 28.1 Å². The summed E-state index contributed by atoms with van der Waals surface area (Å²) in [5, 5.41) is 13.2. The normalized spacial score (nSPS) is 12.2. The molecule has 0 bridgehead atoms. The van der Waals surface area contributed by atoms with Gasteiger partial charge in [0.15, 0.2) is 6.10 Å². The number of nitrogens with one attached hydrogen (secondary N) is 1. The number of benzene rings is 2. The van der Waals surface area contributed by atoms with Gasteiger partial charge in [0.25, 0.3) is 11.6 Å². The molecule has 0 fully saturated rings. The van der Waals surface area contributed by atoms with Gasteiger partial charge >= 0.3 is 5.97 Å². The molecule has 2 rings (SSSR count). The Morgan fingerprint density at radius 3 is 2.15 bits per heavy atom. The average Bonchev–Trinajstić information content (AvgIpc) is 2.79. The summed E-state index contributed by atoms with van der Waals surface area (Å²) >= 11 is 0. The quantitative estimate of drug-likeness (QED) is 0.298. The molecule has 0 saturated heterocycles. The van der Waals surface area contributed by atoms with Gasteiger partial charge in [-0.3, -0.25) is 19.7 Å². The van der Waals surface area contributed by atoms with E-state index in [1.807, 2.05) is 0 Å². The van der Waals surface area contributed by atoms with Crippen LogP contribution >= 0.6 is 0 Å². The van der Waals surface area contributed by atoms with Crippen molar-refractivity contribution in [2.75, 3.05) is 18.4 Å². The van der Waals surface area contributed by atoms with Gasteiger partial charge in [-0.05, 0) is 43.2 Å². The third-order valence-electron chi connectivity index (χ3n) is 4.91. The Balaban J connectivity index is 1.86. The summed E-state index contributed by atoms with van der Waals surface area (Å²) in [4.78, 5) is 34.6. The lowest BCUT2D eigenvalue weighted by atomic mass is 10.1. The molecular formula is C22H27N3O7S. The van der Waals surface area contributed by atoms with Crippen LogP contribution in [-0.2, 0) is 30.8 Å². The van der Waals surface area contributed by atoms with Crippen LogP contribution in [0.25, 0.3) is 0 Å². The number of carbonyl (C=O) groups excluding carboxylic acids is 2. The zero-order valence-electron chi connectivity index (χ0n) is 18.7. The van der Waals surface area contributed by atoms with Crippen LogP contribution in [0.4, 0.5) is 11.4 Å². The molecule has 0 heterocycles. The van der Waals surface area contributed by atoms with Crippen molar-refractivity contribution in [2.45, 2.75) is 44.6 Å². The first-order chi connectivity index (χ1) is 15.6. The summed E-state index contributed by atoms with van der Waals surface area (Å²) < 4.78 is 31.5. The van der Waals surface area contributed by atoms with Crippen LogP contribution in [0.3, 0.4) is 0 Å². The minimum Gasteiger partial charge on any atom is -0.453 e. The van der Waals surface area contributed by atoms with Gasteiger partial charge in [-0.2, -0.15) is 4.31 Å². The van der Waals surface area contributed by atoms with Crippen molar-refractivity contribution in [1.82, 2.24) is 4.31 Å². The molecule has 0 aliphatic rings. The van der Waals surface area contributed by atoms with Crippen molar-refractivity contribution >= 4 is 33.3 Å². The van der Waals surface area contributed by atoms with Crippen LogP contribution in [0.5, 0.6) is 0 Å². The highest BCUT2D eigenvalue weighted by molar-refractivity contribution is 7.89. The molecule has 1 amide bonds. The smallest absolute Gasteiger partial charge is 0.306 e. The number of rotatable bonds is 11. The monoisotopic (exact) mass is 477 g/mol. The standard InChI is InChI=1S/C22H27N3O7S/c1-4-24(5-2)33(30,31)20-13-6-17(7-14-20)8-15-21(26)32-16(3)22(27)23-18-9-11-19(12-10-18)25(28)29/h6-7,9-14,16H,4-5,8,15H2,1-3H3,(H,23,27). The van der Waals surface area contributed by atoms with E-state index in [2.05, 4.69) is 5.32 Å². The average molecular weight is 478 g/mol. The number of aryl methyl sites for hydroxylation is 1. The topological polar surface area (TPSA) is 136 Å². The van der Waals surface area contributed by atoms with Crippen molar-refractivity contribution in [2.24, 2.45) is 0 Å². The van der Waals surface area contributed by atoms with Crippen LogP contribution in [-0.4, -0.2) is 48.7 Å². The zero-order chi connectivity index (χ0) is 24.6. The first kappa shape index (κ1) is 25.9. The summed E-state index contributed by atoms with van der Waals surface area (Å²) in [6.07, 6.45) is -0.729. The number of amides is 1. The zero-order valence-corrected chi connectivity index (χ0v) is 19.5. The van der Waals surface area contributed by atoms with Crippen LogP contribution in [0.15, 0.2) is 53.4 Å². The van der Waals surface area contributed by atoms with E-state index in [1.54, 1.807) is 26.0 Å². The number of esters is 1. The molecule has 0 aromatic heterocycles. The second-order valence-electron chi connectivity index (χ2n) is 7.16. The van der Waals surface area contributed by atoms with Gasteiger partial charge < -0.3 is 10.1 Å². The molecule has 2 aromatic rings. The molecule has 1 unspecified atom stereocenters.